The molecule has 0 unspecified atom stereocenters. The van der Waals surface area contributed by atoms with Gasteiger partial charge < -0.3 is 15.3 Å². The Hall–Kier alpha value is -2.76. The van der Waals surface area contributed by atoms with Gasteiger partial charge in [-0.05, 0) is 32.0 Å². The molecular formula is C16H18N4O2. The fraction of sp³-hybridized carbons (Fsp3) is 0.250. The molecule has 0 saturated heterocycles. The Morgan fingerprint density at radius 2 is 2.09 bits per heavy atom. The zero-order valence-corrected chi connectivity index (χ0v) is 12.6. The first-order valence-corrected chi connectivity index (χ1v) is 7.18. The van der Waals surface area contributed by atoms with E-state index in [1.54, 1.807) is 4.57 Å². The molecule has 6 heteroatoms. The van der Waals surface area contributed by atoms with Gasteiger partial charge in [-0.3, -0.25) is 9.36 Å². The number of benzene rings is 1. The Labute approximate surface area is 127 Å². The minimum atomic E-state index is -0.171. The Kier molecular flexibility index (Phi) is 3.58. The Morgan fingerprint density at radius 3 is 2.82 bits per heavy atom. The molecule has 3 rings (SSSR count). The van der Waals surface area contributed by atoms with Crippen molar-refractivity contribution in [3.8, 4) is 0 Å². The van der Waals surface area contributed by atoms with Gasteiger partial charge in [0.1, 0.15) is 0 Å². The Bertz CT molecular complexity index is 885. The molecule has 0 atom stereocenters. The van der Waals surface area contributed by atoms with E-state index in [1.165, 1.54) is 0 Å². The van der Waals surface area contributed by atoms with Gasteiger partial charge in [0.2, 0.25) is 5.91 Å². The quantitative estimate of drug-likeness (QED) is 0.690. The van der Waals surface area contributed by atoms with E-state index in [4.69, 9.17) is 0 Å². The number of H-pyrrole nitrogens is 2. The molecule has 3 N–H and O–H groups in total. The lowest BCUT2D eigenvalue weighted by Crippen LogP contribution is -2.22. The van der Waals surface area contributed by atoms with Gasteiger partial charge in [0.25, 0.3) is 0 Å². The standard InChI is InChI=1S/C16H18N4O2/c1-10-11(2)20(16(22)18-10)9-7-15(21)19-14-5-3-4-13-12(14)6-8-17-13/h3-6,8,17H,7,9H2,1-2H3,(H,18,22)(H,19,21). The predicted octanol–water partition coefficient (Wildman–Crippen LogP) is 2.30. The van der Waals surface area contributed by atoms with E-state index in [1.807, 2.05) is 44.3 Å². The van der Waals surface area contributed by atoms with E-state index in [9.17, 15) is 9.59 Å². The van der Waals surface area contributed by atoms with E-state index < -0.39 is 0 Å². The van der Waals surface area contributed by atoms with Gasteiger partial charge in [-0.2, -0.15) is 0 Å². The molecule has 3 aromatic rings. The SMILES string of the molecule is Cc1[nH]c(=O)n(CCC(=O)Nc2cccc3[nH]ccc23)c1C. The minimum absolute atomic E-state index is 0.112. The average Bonchev–Trinajstić information content (AvgIpc) is 3.04. The van der Waals surface area contributed by atoms with Crippen molar-refractivity contribution >= 4 is 22.5 Å². The van der Waals surface area contributed by atoms with Crippen LogP contribution in [0.3, 0.4) is 0 Å². The highest BCUT2D eigenvalue weighted by molar-refractivity contribution is 6.01. The van der Waals surface area contributed by atoms with Crippen LogP contribution in [0.5, 0.6) is 0 Å². The van der Waals surface area contributed by atoms with Crippen molar-refractivity contribution in [1.82, 2.24) is 14.5 Å². The van der Waals surface area contributed by atoms with Crippen LogP contribution in [0.15, 0.2) is 35.3 Å². The number of anilines is 1. The van der Waals surface area contributed by atoms with Gasteiger partial charge in [0.15, 0.2) is 0 Å². The van der Waals surface area contributed by atoms with E-state index in [0.717, 1.165) is 28.0 Å². The van der Waals surface area contributed by atoms with Gasteiger partial charge in [0.05, 0.1) is 5.69 Å². The summed E-state index contributed by atoms with van der Waals surface area (Å²) in [4.78, 5) is 29.7. The van der Waals surface area contributed by atoms with Crippen molar-refractivity contribution in [2.24, 2.45) is 0 Å². The zero-order valence-electron chi connectivity index (χ0n) is 12.6. The number of nitrogens with one attached hydrogen (secondary N) is 3. The summed E-state index contributed by atoms with van der Waals surface area (Å²) < 4.78 is 1.59. The molecule has 0 fully saturated rings. The van der Waals surface area contributed by atoms with Crippen molar-refractivity contribution in [3.05, 3.63) is 52.3 Å². The number of carbonyl (C=O) groups excluding carboxylic acids is 1. The molecule has 0 saturated carbocycles. The second-order valence-electron chi connectivity index (χ2n) is 5.33. The maximum Gasteiger partial charge on any atom is 0.325 e. The number of nitrogens with zero attached hydrogens (tertiary/aromatic N) is 1. The number of fused-ring (bicyclic) bond motifs is 1. The van der Waals surface area contributed by atoms with Crippen LogP contribution in [0.25, 0.3) is 10.9 Å². The number of aromatic amines is 2. The third kappa shape index (κ3) is 2.55. The van der Waals surface area contributed by atoms with E-state index in [0.29, 0.717) is 6.54 Å². The number of rotatable bonds is 4. The summed E-state index contributed by atoms with van der Waals surface area (Å²) in [6.07, 6.45) is 2.09. The van der Waals surface area contributed by atoms with Crippen LogP contribution in [0.1, 0.15) is 17.8 Å². The molecule has 1 aromatic carbocycles. The van der Waals surface area contributed by atoms with E-state index in [2.05, 4.69) is 15.3 Å². The van der Waals surface area contributed by atoms with Gasteiger partial charge >= 0.3 is 5.69 Å². The third-order valence-electron chi connectivity index (χ3n) is 3.92. The van der Waals surface area contributed by atoms with Crippen molar-refractivity contribution in [2.45, 2.75) is 26.8 Å². The van der Waals surface area contributed by atoms with Gasteiger partial charge in [-0.25, -0.2) is 4.79 Å². The molecule has 0 aliphatic carbocycles. The first-order valence-electron chi connectivity index (χ1n) is 7.18. The molecule has 0 aliphatic heterocycles. The Morgan fingerprint density at radius 1 is 1.27 bits per heavy atom. The van der Waals surface area contributed by atoms with Gasteiger partial charge in [0, 0.05) is 41.5 Å². The number of amides is 1. The molecule has 22 heavy (non-hydrogen) atoms. The predicted molar refractivity (Wildman–Crippen MR) is 86.1 cm³/mol. The lowest BCUT2D eigenvalue weighted by Gasteiger charge is -2.08. The summed E-state index contributed by atoms with van der Waals surface area (Å²) in [6.45, 7) is 4.08. The molecule has 0 aliphatic rings. The highest BCUT2D eigenvalue weighted by atomic mass is 16.2. The van der Waals surface area contributed by atoms with Crippen molar-refractivity contribution in [3.63, 3.8) is 0 Å². The molecule has 0 spiro atoms. The Balaban J connectivity index is 1.70. The molecule has 1 amide bonds. The lowest BCUT2D eigenvalue weighted by molar-refractivity contribution is -0.116. The molecule has 6 nitrogen and oxygen atoms in total. The van der Waals surface area contributed by atoms with Crippen molar-refractivity contribution < 1.29 is 4.79 Å². The normalized spacial score (nSPS) is 11.0. The highest BCUT2D eigenvalue weighted by Crippen LogP contribution is 2.22. The number of hydrogen-bond donors (Lipinski definition) is 3. The van der Waals surface area contributed by atoms with Crippen LogP contribution >= 0.6 is 0 Å². The number of aromatic nitrogens is 3. The largest absolute Gasteiger partial charge is 0.361 e. The fourth-order valence-electron chi connectivity index (χ4n) is 2.56. The van der Waals surface area contributed by atoms with Crippen LogP contribution in [0.4, 0.5) is 5.69 Å². The summed E-state index contributed by atoms with van der Waals surface area (Å²) in [5.41, 5.74) is 3.28. The number of hydrogen-bond acceptors (Lipinski definition) is 2. The fourth-order valence-corrected chi connectivity index (χ4v) is 2.56. The topological polar surface area (TPSA) is 82.7 Å². The van der Waals surface area contributed by atoms with Crippen LogP contribution in [-0.4, -0.2) is 20.4 Å². The monoisotopic (exact) mass is 298 g/mol. The summed E-state index contributed by atoms with van der Waals surface area (Å²) in [7, 11) is 0. The molecule has 2 heterocycles. The number of aryl methyl sites for hydroxylation is 1. The minimum Gasteiger partial charge on any atom is -0.361 e. The first-order chi connectivity index (χ1) is 10.6. The maximum absolute atomic E-state index is 12.1. The zero-order chi connectivity index (χ0) is 15.7. The summed E-state index contributed by atoms with van der Waals surface area (Å²) in [5.74, 6) is -0.112. The molecule has 0 bridgehead atoms. The van der Waals surface area contributed by atoms with Gasteiger partial charge in [-0.1, -0.05) is 6.07 Å². The maximum atomic E-state index is 12.1. The van der Waals surface area contributed by atoms with Gasteiger partial charge in [-0.15, -0.1) is 0 Å². The average molecular weight is 298 g/mol. The highest BCUT2D eigenvalue weighted by Gasteiger charge is 2.10. The molecular weight excluding hydrogens is 280 g/mol. The van der Waals surface area contributed by atoms with Crippen molar-refractivity contribution in [1.29, 1.82) is 0 Å². The molecule has 114 valence electrons. The number of carbonyl (C=O) groups is 1. The smallest absolute Gasteiger partial charge is 0.325 e. The van der Waals surface area contributed by atoms with E-state index >= 15 is 0 Å². The lowest BCUT2D eigenvalue weighted by atomic mass is 10.2. The second kappa shape index (κ2) is 5.55. The van der Waals surface area contributed by atoms with Crippen LogP contribution < -0.4 is 11.0 Å². The third-order valence-corrected chi connectivity index (χ3v) is 3.92. The molecule has 0 radical (unpaired) electrons. The van der Waals surface area contributed by atoms with Crippen LogP contribution in [0.2, 0.25) is 0 Å². The summed E-state index contributed by atoms with van der Waals surface area (Å²) in [5, 5.41) is 3.88. The van der Waals surface area contributed by atoms with Crippen LogP contribution in [-0.2, 0) is 11.3 Å². The summed E-state index contributed by atoms with van der Waals surface area (Å²) >= 11 is 0. The molecule has 2 aromatic heterocycles. The summed E-state index contributed by atoms with van der Waals surface area (Å²) in [6, 6.07) is 7.64. The van der Waals surface area contributed by atoms with Crippen molar-refractivity contribution in [2.75, 3.05) is 5.32 Å². The first kappa shape index (κ1) is 14.2. The van der Waals surface area contributed by atoms with Crippen LogP contribution in [0, 0.1) is 13.8 Å². The number of imidazole rings is 1. The second-order valence-corrected chi connectivity index (χ2v) is 5.33. The van der Waals surface area contributed by atoms with E-state index in [-0.39, 0.29) is 18.0 Å².